The van der Waals surface area contributed by atoms with Crippen LogP contribution in [0.4, 0.5) is 9.93 Å². The lowest BCUT2D eigenvalue weighted by molar-refractivity contribution is 0.209. The number of nitrogens with one attached hydrogen (secondary N) is 1. The maximum absolute atomic E-state index is 12.8. The van der Waals surface area contributed by atoms with Crippen molar-refractivity contribution < 1.29 is 9.53 Å². The van der Waals surface area contributed by atoms with Crippen molar-refractivity contribution in [2.24, 2.45) is 5.92 Å². The standard InChI is InChI=1S/C21H25N5O2S/c1-15-12-25(14-16-6-4-3-5-7-16)10-11-26(13-15)21(27)24-20-22-17-8-9-18(28-2)23-19(17)29-20/h3-9,15H,10-14H2,1-2H3,(H,22,24,27). The summed E-state index contributed by atoms with van der Waals surface area (Å²) in [6.07, 6.45) is 0. The minimum atomic E-state index is -0.107. The zero-order chi connectivity index (χ0) is 20.2. The van der Waals surface area contributed by atoms with Crippen LogP contribution in [0.5, 0.6) is 5.88 Å². The molecule has 1 aliphatic heterocycles. The van der Waals surface area contributed by atoms with Gasteiger partial charge in [-0.15, -0.1) is 0 Å². The fourth-order valence-electron chi connectivity index (χ4n) is 3.63. The molecular formula is C21H25N5O2S. The van der Waals surface area contributed by atoms with Crippen molar-refractivity contribution in [1.29, 1.82) is 0 Å². The van der Waals surface area contributed by atoms with E-state index in [0.29, 0.717) is 23.5 Å². The molecule has 2 amide bonds. The summed E-state index contributed by atoms with van der Waals surface area (Å²) in [6.45, 7) is 6.35. The molecule has 0 radical (unpaired) electrons. The third-order valence-corrected chi connectivity index (χ3v) is 5.86. The quantitative estimate of drug-likeness (QED) is 0.709. The number of ether oxygens (including phenoxy) is 1. The highest BCUT2D eigenvalue weighted by Crippen LogP contribution is 2.26. The van der Waals surface area contributed by atoms with E-state index in [0.717, 1.165) is 36.5 Å². The Bertz CT molecular complexity index is 978. The van der Waals surface area contributed by atoms with Crippen molar-refractivity contribution in [1.82, 2.24) is 19.8 Å². The van der Waals surface area contributed by atoms with Gasteiger partial charge in [0.25, 0.3) is 0 Å². The molecule has 2 aromatic heterocycles. The molecule has 1 aromatic carbocycles. The topological polar surface area (TPSA) is 70.6 Å². The molecule has 3 heterocycles. The van der Waals surface area contributed by atoms with E-state index in [1.165, 1.54) is 16.9 Å². The van der Waals surface area contributed by atoms with E-state index in [2.05, 4.69) is 51.4 Å². The maximum atomic E-state index is 12.8. The van der Waals surface area contributed by atoms with E-state index in [9.17, 15) is 4.79 Å². The van der Waals surface area contributed by atoms with Crippen LogP contribution in [0, 0.1) is 5.92 Å². The minimum Gasteiger partial charge on any atom is -0.481 e. The molecule has 0 saturated carbocycles. The van der Waals surface area contributed by atoms with Crippen LogP contribution in [-0.2, 0) is 6.54 Å². The molecule has 3 aromatic rings. The summed E-state index contributed by atoms with van der Waals surface area (Å²) in [7, 11) is 1.58. The van der Waals surface area contributed by atoms with Crippen LogP contribution in [0.3, 0.4) is 0 Å². The van der Waals surface area contributed by atoms with E-state index < -0.39 is 0 Å². The number of urea groups is 1. The highest BCUT2D eigenvalue weighted by atomic mass is 32.1. The fraction of sp³-hybridized carbons (Fsp3) is 0.381. The number of benzene rings is 1. The first-order valence-electron chi connectivity index (χ1n) is 9.74. The van der Waals surface area contributed by atoms with E-state index >= 15 is 0 Å². The van der Waals surface area contributed by atoms with Gasteiger partial charge in [-0.2, -0.15) is 0 Å². The van der Waals surface area contributed by atoms with Crippen LogP contribution >= 0.6 is 11.3 Å². The maximum Gasteiger partial charge on any atom is 0.323 e. The van der Waals surface area contributed by atoms with Crippen molar-refractivity contribution in [2.75, 3.05) is 38.6 Å². The van der Waals surface area contributed by atoms with Crippen LogP contribution < -0.4 is 10.1 Å². The first-order chi connectivity index (χ1) is 14.1. The van der Waals surface area contributed by atoms with Gasteiger partial charge in [-0.05, 0) is 17.5 Å². The molecule has 8 heteroatoms. The van der Waals surface area contributed by atoms with Gasteiger partial charge in [-0.3, -0.25) is 10.2 Å². The van der Waals surface area contributed by atoms with Crippen molar-refractivity contribution in [2.45, 2.75) is 13.5 Å². The zero-order valence-electron chi connectivity index (χ0n) is 16.7. The van der Waals surface area contributed by atoms with Crippen molar-refractivity contribution in [3.8, 4) is 5.88 Å². The molecule has 1 saturated heterocycles. The summed E-state index contributed by atoms with van der Waals surface area (Å²) >= 11 is 1.36. The monoisotopic (exact) mass is 411 g/mol. The van der Waals surface area contributed by atoms with Crippen LogP contribution in [0.1, 0.15) is 12.5 Å². The lowest BCUT2D eigenvalue weighted by Crippen LogP contribution is -2.38. The number of pyridine rings is 1. The molecule has 1 unspecified atom stereocenters. The molecule has 0 bridgehead atoms. The fourth-order valence-corrected chi connectivity index (χ4v) is 4.45. The Morgan fingerprint density at radius 2 is 2.00 bits per heavy atom. The van der Waals surface area contributed by atoms with E-state index in [4.69, 9.17) is 4.74 Å². The summed E-state index contributed by atoms with van der Waals surface area (Å²) in [5.41, 5.74) is 2.05. The summed E-state index contributed by atoms with van der Waals surface area (Å²) in [5.74, 6) is 0.937. The minimum absolute atomic E-state index is 0.107. The highest BCUT2D eigenvalue weighted by Gasteiger charge is 2.24. The number of fused-ring (bicyclic) bond motifs is 1. The number of nitrogens with zero attached hydrogens (tertiary/aromatic N) is 4. The second-order valence-corrected chi connectivity index (χ2v) is 8.38. The first-order valence-corrected chi connectivity index (χ1v) is 10.6. The third kappa shape index (κ3) is 4.83. The summed E-state index contributed by atoms with van der Waals surface area (Å²) in [4.78, 5) is 26.7. The zero-order valence-corrected chi connectivity index (χ0v) is 17.5. The smallest absolute Gasteiger partial charge is 0.323 e. The van der Waals surface area contributed by atoms with Gasteiger partial charge in [-0.25, -0.2) is 14.8 Å². The molecule has 1 N–H and O–H groups in total. The van der Waals surface area contributed by atoms with Gasteiger partial charge in [0, 0.05) is 38.8 Å². The summed E-state index contributed by atoms with van der Waals surface area (Å²) in [5, 5.41) is 3.51. The number of hydrogen-bond donors (Lipinski definition) is 1. The van der Waals surface area contributed by atoms with Crippen LogP contribution in [0.2, 0.25) is 0 Å². The Morgan fingerprint density at radius 3 is 2.79 bits per heavy atom. The van der Waals surface area contributed by atoms with Crippen molar-refractivity contribution in [3.63, 3.8) is 0 Å². The number of amides is 2. The second-order valence-electron chi connectivity index (χ2n) is 7.40. The van der Waals surface area contributed by atoms with Crippen molar-refractivity contribution in [3.05, 3.63) is 48.0 Å². The summed E-state index contributed by atoms with van der Waals surface area (Å²) in [6, 6.07) is 14.0. The number of aromatic nitrogens is 2. The lowest BCUT2D eigenvalue weighted by Gasteiger charge is -2.22. The van der Waals surface area contributed by atoms with Crippen molar-refractivity contribution >= 4 is 32.8 Å². The molecule has 0 spiro atoms. The number of hydrogen-bond acceptors (Lipinski definition) is 6. The molecule has 152 valence electrons. The number of methoxy groups -OCH3 is 1. The van der Waals surface area contributed by atoms with E-state index in [1.807, 2.05) is 17.0 Å². The molecule has 7 nitrogen and oxygen atoms in total. The largest absolute Gasteiger partial charge is 0.481 e. The van der Waals surface area contributed by atoms with Gasteiger partial charge >= 0.3 is 6.03 Å². The Balaban J connectivity index is 1.39. The number of thiazole rings is 1. The number of anilines is 1. The molecule has 29 heavy (non-hydrogen) atoms. The van der Waals surface area contributed by atoms with Gasteiger partial charge in [-0.1, -0.05) is 48.6 Å². The molecule has 1 atom stereocenters. The average molecular weight is 412 g/mol. The van der Waals surface area contributed by atoms with E-state index in [-0.39, 0.29) is 6.03 Å². The normalized spacial score (nSPS) is 17.9. The number of carbonyl (C=O) groups excluding carboxylic acids is 1. The number of carbonyl (C=O) groups is 1. The van der Waals surface area contributed by atoms with Gasteiger partial charge in [0.05, 0.1) is 7.11 Å². The predicted octanol–water partition coefficient (Wildman–Crippen LogP) is 3.69. The van der Waals surface area contributed by atoms with Gasteiger partial charge in [0.15, 0.2) is 5.13 Å². The average Bonchev–Trinajstić information content (AvgIpc) is 3.02. The second kappa shape index (κ2) is 8.75. The van der Waals surface area contributed by atoms with E-state index in [1.54, 1.807) is 13.2 Å². The van der Waals surface area contributed by atoms with Gasteiger partial charge in [0.2, 0.25) is 5.88 Å². The Kier molecular flexibility index (Phi) is 5.92. The van der Waals surface area contributed by atoms with Gasteiger partial charge < -0.3 is 9.64 Å². The lowest BCUT2D eigenvalue weighted by atomic mass is 10.1. The Morgan fingerprint density at radius 1 is 1.17 bits per heavy atom. The molecule has 1 fully saturated rings. The SMILES string of the molecule is COc1ccc2nc(NC(=O)N3CCN(Cc4ccccc4)CC(C)C3)sc2n1. The number of rotatable bonds is 4. The third-order valence-electron chi connectivity index (χ3n) is 4.98. The molecule has 0 aliphatic carbocycles. The van der Waals surface area contributed by atoms with Gasteiger partial charge in [0.1, 0.15) is 10.3 Å². The predicted molar refractivity (Wildman–Crippen MR) is 115 cm³/mol. The molecule has 4 rings (SSSR count). The Hall–Kier alpha value is -2.71. The Labute approximate surface area is 174 Å². The highest BCUT2D eigenvalue weighted by molar-refractivity contribution is 7.21. The first kappa shape index (κ1) is 19.6. The van der Waals surface area contributed by atoms with Crippen LogP contribution in [-0.4, -0.2) is 59.1 Å². The van der Waals surface area contributed by atoms with Crippen LogP contribution in [0.25, 0.3) is 10.3 Å². The molecule has 1 aliphatic rings. The summed E-state index contributed by atoms with van der Waals surface area (Å²) < 4.78 is 5.15. The van der Waals surface area contributed by atoms with Crippen LogP contribution in [0.15, 0.2) is 42.5 Å². The molecular weight excluding hydrogens is 386 g/mol.